The molecule has 5 heteroatoms. The fourth-order valence-electron chi connectivity index (χ4n) is 1.22. The lowest BCUT2D eigenvalue weighted by atomic mass is 10.1. The van der Waals surface area contributed by atoms with Crippen molar-refractivity contribution >= 4 is 5.97 Å². The molecule has 0 saturated carbocycles. The first-order chi connectivity index (χ1) is 7.99. The highest BCUT2D eigenvalue weighted by atomic mass is 16.5. The van der Waals surface area contributed by atoms with Crippen LogP contribution >= 0.6 is 0 Å². The Labute approximate surface area is 100 Å². The fraction of sp³-hybridized carbons (Fsp3) is 0.417. The van der Waals surface area contributed by atoms with Crippen molar-refractivity contribution < 1.29 is 19.0 Å². The molecule has 17 heavy (non-hydrogen) atoms. The largest absolute Gasteiger partial charge is 0.497 e. The molecule has 1 unspecified atom stereocenters. The van der Waals surface area contributed by atoms with Crippen molar-refractivity contribution in [2.45, 2.75) is 12.5 Å². The lowest BCUT2D eigenvalue weighted by molar-refractivity contribution is -0.147. The summed E-state index contributed by atoms with van der Waals surface area (Å²) in [5.74, 6) is 0.754. The van der Waals surface area contributed by atoms with Crippen molar-refractivity contribution in [1.82, 2.24) is 0 Å². The number of methoxy groups -OCH3 is 2. The van der Waals surface area contributed by atoms with E-state index in [1.54, 1.807) is 38.3 Å². The molecule has 0 bridgehead atoms. The van der Waals surface area contributed by atoms with Gasteiger partial charge < -0.3 is 19.9 Å². The minimum Gasteiger partial charge on any atom is -0.497 e. The Morgan fingerprint density at radius 3 is 2.59 bits per heavy atom. The highest BCUT2D eigenvalue weighted by Crippen LogP contribution is 2.19. The van der Waals surface area contributed by atoms with Gasteiger partial charge in [-0.05, 0) is 19.1 Å². The molecule has 1 aromatic carbocycles. The molecule has 1 atom stereocenters. The van der Waals surface area contributed by atoms with E-state index in [2.05, 4.69) is 4.74 Å². The second-order valence-corrected chi connectivity index (χ2v) is 3.88. The molecule has 1 aromatic rings. The summed E-state index contributed by atoms with van der Waals surface area (Å²) in [7, 11) is 2.86. The second kappa shape index (κ2) is 5.54. The van der Waals surface area contributed by atoms with Gasteiger partial charge in [0.1, 0.15) is 23.6 Å². The van der Waals surface area contributed by atoms with Gasteiger partial charge in [-0.2, -0.15) is 0 Å². The Bertz CT molecular complexity index is 390. The third-order valence-electron chi connectivity index (χ3n) is 2.23. The number of rotatable bonds is 5. The summed E-state index contributed by atoms with van der Waals surface area (Å²) in [4.78, 5) is 11.3. The van der Waals surface area contributed by atoms with Crippen LogP contribution in [-0.2, 0) is 9.53 Å². The lowest BCUT2D eigenvalue weighted by Crippen LogP contribution is -2.50. The molecule has 0 aliphatic carbocycles. The molecule has 0 spiro atoms. The number of esters is 1. The third-order valence-corrected chi connectivity index (χ3v) is 2.23. The Morgan fingerprint density at radius 2 is 2.00 bits per heavy atom. The topological polar surface area (TPSA) is 70.8 Å². The van der Waals surface area contributed by atoms with Crippen molar-refractivity contribution in [3.63, 3.8) is 0 Å². The number of hydrogen-bond donors (Lipinski definition) is 1. The van der Waals surface area contributed by atoms with Crippen LogP contribution in [0.4, 0.5) is 0 Å². The van der Waals surface area contributed by atoms with E-state index in [4.69, 9.17) is 15.2 Å². The molecule has 0 saturated heterocycles. The summed E-state index contributed by atoms with van der Waals surface area (Å²) in [6.07, 6.45) is 0. The summed E-state index contributed by atoms with van der Waals surface area (Å²) >= 11 is 0. The van der Waals surface area contributed by atoms with E-state index in [1.165, 1.54) is 7.11 Å². The number of ether oxygens (including phenoxy) is 3. The van der Waals surface area contributed by atoms with Crippen LogP contribution in [0.5, 0.6) is 11.5 Å². The first kappa shape index (κ1) is 13.3. The van der Waals surface area contributed by atoms with Crippen molar-refractivity contribution in [1.29, 1.82) is 0 Å². The Balaban J connectivity index is 2.63. The van der Waals surface area contributed by atoms with E-state index in [-0.39, 0.29) is 6.61 Å². The lowest BCUT2D eigenvalue weighted by Gasteiger charge is -2.21. The number of hydrogen-bond acceptors (Lipinski definition) is 5. The average Bonchev–Trinajstić information content (AvgIpc) is 2.35. The van der Waals surface area contributed by atoms with E-state index < -0.39 is 11.5 Å². The van der Waals surface area contributed by atoms with Gasteiger partial charge in [-0.15, -0.1) is 0 Å². The van der Waals surface area contributed by atoms with Crippen molar-refractivity contribution in [2.24, 2.45) is 5.73 Å². The standard InChI is InChI=1S/C12H17NO4/c1-12(13,11(14)16-3)8-17-10-6-4-5-9(7-10)15-2/h4-7H,8,13H2,1-3H3. The van der Waals surface area contributed by atoms with Crippen molar-refractivity contribution in [2.75, 3.05) is 20.8 Å². The number of nitrogens with two attached hydrogens (primary N) is 1. The summed E-state index contributed by atoms with van der Waals surface area (Å²) < 4.78 is 15.1. The van der Waals surface area contributed by atoms with E-state index in [0.717, 1.165) is 0 Å². The van der Waals surface area contributed by atoms with Gasteiger partial charge in [0.2, 0.25) is 0 Å². The Morgan fingerprint density at radius 1 is 1.35 bits per heavy atom. The summed E-state index contributed by atoms with van der Waals surface area (Å²) in [5.41, 5.74) is 4.59. The molecule has 0 fully saturated rings. The predicted octanol–water partition coefficient (Wildman–Crippen LogP) is 0.964. The maximum atomic E-state index is 11.3. The summed E-state index contributed by atoms with van der Waals surface area (Å²) in [5, 5.41) is 0. The SMILES string of the molecule is COC(=O)C(C)(N)COc1cccc(OC)c1. The normalized spacial score (nSPS) is 13.6. The van der Waals surface area contributed by atoms with Crippen LogP contribution < -0.4 is 15.2 Å². The highest BCUT2D eigenvalue weighted by molar-refractivity contribution is 5.80. The third kappa shape index (κ3) is 3.64. The molecular formula is C12H17NO4. The molecule has 94 valence electrons. The van der Waals surface area contributed by atoms with Gasteiger partial charge in [0.25, 0.3) is 0 Å². The molecule has 5 nitrogen and oxygen atoms in total. The van der Waals surface area contributed by atoms with E-state index in [1.807, 2.05) is 0 Å². The van der Waals surface area contributed by atoms with E-state index in [9.17, 15) is 4.79 Å². The second-order valence-electron chi connectivity index (χ2n) is 3.88. The molecule has 0 heterocycles. The maximum absolute atomic E-state index is 11.3. The molecule has 2 N–H and O–H groups in total. The van der Waals surface area contributed by atoms with Crippen LogP contribution in [0.15, 0.2) is 24.3 Å². The zero-order chi connectivity index (χ0) is 12.9. The first-order valence-electron chi connectivity index (χ1n) is 5.14. The molecule has 0 radical (unpaired) electrons. The minimum absolute atomic E-state index is 0.0346. The zero-order valence-electron chi connectivity index (χ0n) is 10.2. The molecule has 0 amide bonds. The summed E-state index contributed by atoms with van der Waals surface area (Å²) in [6.45, 7) is 1.59. The van der Waals surface area contributed by atoms with Gasteiger partial charge in [0.05, 0.1) is 14.2 Å². The van der Waals surface area contributed by atoms with Crippen LogP contribution in [0.2, 0.25) is 0 Å². The van der Waals surface area contributed by atoms with Gasteiger partial charge in [-0.25, -0.2) is 4.79 Å². The van der Waals surface area contributed by atoms with Crippen molar-refractivity contribution in [3.05, 3.63) is 24.3 Å². The van der Waals surface area contributed by atoms with Crippen LogP contribution in [0.1, 0.15) is 6.92 Å². The average molecular weight is 239 g/mol. The maximum Gasteiger partial charge on any atom is 0.329 e. The van der Waals surface area contributed by atoms with Gasteiger partial charge >= 0.3 is 5.97 Å². The van der Waals surface area contributed by atoms with Gasteiger partial charge in [0.15, 0.2) is 0 Å². The van der Waals surface area contributed by atoms with Gasteiger partial charge in [-0.1, -0.05) is 6.07 Å². The fourth-order valence-corrected chi connectivity index (χ4v) is 1.22. The molecule has 0 aliphatic rings. The van der Waals surface area contributed by atoms with Crippen LogP contribution in [0, 0.1) is 0 Å². The monoisotopic (exact) mass is 239 g/mol. The van der Waals surface area contributed by atoms with Crippen LogP contribution in [0.25, 0.3) is 0 Å². The number of carbonyl (C=O) groups excluding carboxylic acids is 1. The number of benzene rings is 1. The molecule has 0 aromatic heterocycles. The van der Waals surface area contributed by atoms with E-state index >= 15 is 0 Å². The van der Waals surface area contributed by atoms with Gasteiger partial charge in [-0.3, -0.25) is 0 Å². The summed E-state index contributed by atoms with van der Waals surface area (Å²) in [6, 6.07) is 7.07. The Hall–Kier alpha value is -1.75. The predicted molar refractivity (Wildman–Crippen MR) is 63.1 cm³/mol. The van der Waals surface area contributed by atoms with E-state index in [0.29, 0.717) is 11.5 Å². The number of carbonyl (C=O) groups is 1. The Kier molecular flexibility index (Phi) is 4.34. The highest BCUT2D eigenvalue weighted by Gasteiger charge is 2.30. The smallest absolute Gasteiger partial charge is 0.329 e. The van der Waals surface area contributed by atoms with Crippen molar-refractivity contribution in [3.8, 4) is 11.5 Å². The zero-order valence-corrected chi connectivity index (χ0v) is 10.2. The molecular weight excluding hydrogens is 222 g/mol. The van der Waals surface area contributed by atoms with Gasteiger partial charge in [0, 0.05) is 6.07 Å². The first-order valence-corrected chi connectivity index (χ1v) is 5.14. The quantitative estimate of drug-likeness (QED) is 0.775. The minimum atomic E-state index is -1.17. The van der Waals surface area contributed by atoms with Crippen LogP contribution in [0.3, 0.4) is 0 Å². The molecule has 0 aliphatic heterocycles. The molecule has 1 rings (SSSR count). The van der Waals surface area contributed by atoms with Crippen LogP contribution in [-0.4, -0.2) is 32.3 Å².